The highest BCUT2D eigenvalue weighted by Crippen LogP contribution is 2.44. The highest BCUT2D eigenvalue weighted by Gasteiger charge is 2.51. The van der Waals surface area contributed by atoms with Crippen LogP contribution in [0.15, 0.2) is 24.3 Å². The number of benzene rings is 1. The van der Waals surface area contributed by atoms with Crippen LogP contribution in [0.3, 0.4) is 0 Å². The van der Waals surface area contributed by atoms with Crippen molar-refractivity contribution in [1.82, 2.24) is 4.90 Å². The number of hydrogen-bond acceptors (Lipinski definition) is 3. The molecular formula is C16H19NO4. The summed E-state index contributed by atoms with van der Waals surface area (Å²) in [6.07, 6.45) is 2.32. The van der Waals surface area contributed by atoms with Crippen molar-refractivity contribution < 1.29 is 19.4 Å². The van der Waals surface area contributed by atoms with Crippen LogP contribution in [-0.4, -0.2) is 35.5 Å². The Bertz CT molecular complexity index is 571. The molecule has 0 bridgehead atoms. The number of amides is 1. The first-order chi connectivity index (χ1) is 10.1. The topological polar surface area (TPSA) is 66.8 Å². The first kappa shape index (κ1) is 13.9. The molecule has 1 N–H and O–H groups in total. The van der Waals surface area contributed by atoms with Crippen molar-refractivity contribution in [1.29, 1.82) is 0 Å². The molecule has 1 saturated carbocycles. The number of aliphatic carboxylic acids is 1. The number of nitrogens with zero attached hydrogens (tertiary/aromatic N) is 1. The van der Waals surface area contributed by atoms with Gasteiger partial charge in [0.2, 0.25) is 5.91 Å². The van der Waals surface area contributed by atoms with Crippen molar-refractivity contribution in [2.75, 3.05) is 13.7 Å². The first-order valence-electron chi connectivity index (χ1n) is 7.29. The summed E-state index contributed by atoms with van der Waals surface area (Å²) in [5, 5.41) is 8.99. The summed E-state index contributed by atoms with van der Waals surface area (Å²) in [6.45, 7) is 0.699. The molecular weight excluding hydrogens is 270 g/mol. The van der Waals surface area contributed by atoms with Crippen LogP contribution in [0.2, 0.25) is 0 Å². The van der Waals surface area contributed by atoms with Gasteiger partial charge in [0.1, 0.15) is 5.75 Å². The van der Waals surface area contributed by atoms with E-state index < -0.39 is 11.9 Å². The van der Waals surface area contributed by atoms with Crippen molar-refractivity contribution in [3.8, 4) is 5.75 Å². The van der Waals surface area contributed by atoms with Gasteiger partial charge in [-0.1, -0.05) is 18.2 Å². The largest absolute Gasteiger partial charge is 0.496 e. The van der Waals surface area contributed by atoms with Crippen LogP contribution in [0.5, 0.6) is 5.75 Å². The number of hydrogen-bond donors (Lipinski definition) is 1. The zero-order chi connectivity index (χ0) is 15.0. The second-order valence-electron chi connectivity index (χ2n) is 5.72. The predicted octanol–water partition coefficient (Wildman–Crippen LogP) is 2.08. The fourth-order valence-electron chi connectivity index (χ4n) is 3.25. The minimum Gasteiger partial charge on any atom is -0.496 e. The van der Waals surface area contributed by atoms with Gasteiger partial charge in [-0.25, -0.2) is 0 Å². The molecule has 3 atom stereocenters. The van der Waals surface area contributed by atoms with Gasteiger partial charge in [-0.05, 0) is 25.3 Å². The van der Waals surface area contributed by atoms with Crippen LogP contribution in [-0.2, 0) is 9.59 Å². The molecule has 0 unspecified atom stereocenters. The molecule has 1 amide bonds. The van der Waals surface area contributed by atoms with Gasteiger partial charge in [-0.3, -0.25) is 9.59 Å². The average molecular weight is 289 g/mol. The Labute approximate surface area is 123 Å². The fourth-order valence-corrected chi connectivity index (χ4v) is 3.25. The molecule has 5 heteroatoms. The number of rotatable bonds is 4. The zero-order valence-electron chi connectivity index (χ0n) is 12.0. The summed E-state index contributed by atoms with van der Waals surface area (Å²) >= 11 is 0. The van der Waals surface area contributed by atoms with E-state index in [-0.39, 0.29) is 17.9 Å². The van der Waals surface area contributed by atoms with E-state index >= 15 is 0 Å². The molecule has 112 valence electrons. The van der Waals surface area contributed by atoms with E-state index in [0.29, 0.717) is 13.0 Å². The molecule has 1 saturated heterocycles. The third-order valence-electron chi connectivity index (χ3n) is 4.46. The van der Waals surface area contributed by atoms with E-state index in [4.69, 9.17) is 9.84 Å². The lowest BCUT2D eigenvalue weighted by Crippen LogP contribution is -2.32. The van der Waals surface area contributed by atoms with Crippen molar-refractivity contribution >= 4 is 11.9 Å². The Morgan fingerprint density at radius 2 is 2.05 bits per heavy atom. The molecule has 2 aliphatic rings. The van der Waals surface area contributed by atoms with Crippen molar-refractivity contribution in [2.24, 2.45) is 11.8 Å². The summed E-state index contributed by atoms with van der Waals surface area (Å²) in [5.74, 6) is -0.917. The third-order valence-corrected chi connectivity index (χ3v) is 4.46. The Morgan fingerprint density at radius 1 is 1.29 bits per heavy atom. The third kappa shape index (κ3) is 2.48. The normalized spacial score (nSPS) is 27.5. The van der Waals surface area contributed by atoms with Crippen LogP contribution >= 0.6 is 0 Å². The van der Waals surface area contributed by atoms with Gasteiger partial charge in [0.15, 0.2) is 0 Å². The van der Waals surface area contributed by atoms with Crippen LogP contribution in [0.4, 0.5) is 0 Å². The second kappa shape index (κ2) is 5.39. The quantitative estimate of drug-likeness (QED) is 0.921. The van der Waals surface area contributed by atoms with E-state index in [1.54, 1.807) is 7.11 Å². The number of methoxy groups -OCH3 is 1. The minimum atomic E-state index is -0.860. The molecule has 2 fully saturated rings. The van der Waals surface area contributed by atoms with Gasteiger partial charge < -0.3 is 14.7 Å². The standard InChI is InChI=1S/C16H19NO4/c1-21-14-7-3-2-5-10(14)13-6-4-8-17(13)15(18)11-9-12(11)16(19)20/h2-3,5,7,11-13H,4,6,8-9H2,1H3,(H,19,20)/t11-,12-,13-/m0/s1. The maximum absolute atomic E-state index is 12.5. The van der Waals surface area contributed by atoms with Gasteiger partial charge in [0, 0.05) is 12.1 Å². The van der Waals surface area contributed by atoms with Gasteiger partial charge >= 0.3 is 5.97 Å². The molecule has 5 nitrogen and oxygen atoms in total. The van der Waals surface area contributed by atoms with Crippen molar-refractivity contribution in [2.45, 2.75) is 25.3 Å². The molecule has 21 heavy (non-hydrogen) atoms. The summed E-state index contributed by atoms with van der Waals surface area (Å²) in [4.78, 5) is 25.3. The summed E-state index contributed by atoms with van der Waals surface area (Å²) in [6, 6.07) is 7.73. The second-order valence-corrected chi connectivity index (χ2v) is 5.72. The van der Waals surface area contributed by atoms with E-state index in [0.717, 1.165) is 24.2 Å². The Kier molecular flexibility index (Phi) is 3.57. The summed E-state index contributed by atoms with van der Waals surface area (Å²) in [5.41, 5.74) is 1.01. The number of para-hydroxylation sites is 1. The lowest BCUT2D eigenvalue weighted by molar-refractivity contribution is -0.142. The number of carbonyl (C=O) groups is 2. The molecule has 3 rings (SSSR count). The molecule has 1 aromatic rings. The van der Waals surface area contributed by atoms with Gasteiger partial charge in [-0.2, -0.15) is 0 Å². The van der Waals surface area contributed by atoms with E-state index in [1.807, 2.05) is 29.2 Å². The monoisotopic (exact) mass is 289 g/mol. The SMILES string of the molecule is COc1ccccc1[C@@H]1CCCN1C(=O)[C@H]1C[C@@H]1C(=O)O. The Morgan fingerprint density at radius 3 is 2.71 bits per heavy atom. The number of ether oxygens (including phenoxy) is 1. The van der Waals surface area contributed by atoms with E-state index in [9.17, 15) is 9.59 Å². The summed E-state index contributed by atoms with van der Waals surface area (Å²) in [7, 11) is 1.63. The highest BCUT2D eigenvalue weighted by atomic mass is 16.5. The molecule has 1 aliphatic heterocycles. The lowest BCUT2D eigenvalue weighted by Gasteiger charge is -2.26. The highest BCUT2D eigenvalue weighted by molar-refractivity contribution is 5.90. The molecule has 1 aromatic carbocycles. The number of carboxylic acid groups (broad SMARTS) is 1. The Balaban J connectivity index is 1.80. The van der Waals surface area contributed by atoms with Gasteiger partial charge in [0.05, 0.1) is 25.0 Å². The van der Waals surface area contributed by atoms with E-state index in [2.05, 4.69) is 0 Å². The zero-order valence-corrected chi connectivity index (χ0v) is 12.0. The van der Waals surface area contributed by atoms with Gasteiger partial charge in [0.25, 0.3) is 0 Å². The maximum atomic E-state index is 12.5. The smallest absolute Gasteiger partial charge is 0.307 e. The Hall–Kier alpha value is -2.04. The number of carbonyl (C=O) groups excluding carboxylic acids is 1. The number of likely N-dealkylation sites (tertiary alicyclic amines) is 1. The molecule has 1 heterocycles. The molecule has 0 aromatic heterocycles. The molecule has 0 radical (unpaired) electrons. The van der Waals surface area contributed by atoms with Gasteiger partial charge in [-0.15, -0.1) is 0 Å². The van der Waals surface area contributed by atoms with E-state index in [1.165, 1.54) is 0 Å². The minimum absolute atomic E-state index is 0.00342. The van der Waals surface area contributed by atoms with Crippen LogP contribution in [0.25, 0.3) is 0 Å². The summed E-state index contributed by atoms with van der Waals surface area (Å²) < 4.78 is 5.39. The average Bonchev–Trinajstić information content (AvgIpc) is 3.16. The number of carboxylic acids is 1. The lowest BCUT2D eigenvalue weighted by atomic mass is 10.0. The fraction of sp³-hybridized carbons (Fsp3) is 0.500. The van der Waals surface area contributed by atoms with Crippen molar-refractivity contribution in [3.05, 3.63) is 29.8 Å². The molecule has 1 aliphatic carbocycles. The van der Waals surface area contributed by atoms with Crippen LogP contribution in [0, 0.1) is 11.8 Å². The molecule has 0 spiro atoms. The first-order valence-corrected chi connectivity index (χ1v) is 7.29. The van der Waals surface area contributed by atoms with Crippen molar-refractivity contribution in [3.63, 3.8) is 0 Å². The van der Waals surface area contributed by atoms with Crippen LogP contribution < -0.4 is 4.74 Å². The van der Waals surface area contributed by atoms with Crippen LogP contribution in [0.1, 0.15) is 30.9 Å². The maximum Gasteiger partial charge on any atom is 0.307 e. The predicted molar refractivity (Wildman–Crippen MR) is 75.9 cm³/mol.